The van der Waals surface area contributed by atoms with Gasteiger partial charge < -0.3 is 0 Å². The lowest BCUT2D eigenvalue weighted by atomic mass is 9.89. The van der Waals surface area contributed by atoms with Crippen LogP contribution < -0.4 is 0 Å². The van der Waals surface area contributed by atoms with Crippen LogP contribution in [0.4, 0.5) is 0 Å². The molecule has 0 amide bonds. The van der Waals surface area contributed by atoms with Crippen LogP contribution in [0.25, 0.3) is 0 Å². The molecule has 1 heterocycles. The lowest BCUT2D eigenvalue weighted by molar-refractivity contribution is 0.473. The molecule has 0 aromatic carbocycles. The van der Waals surface area contributed by atoms with Gasteiger partial charge in [-0.3, -0.25) is 0 Å². The Morgan fingerprint density at radius 2 is 1.81 bits per heavy atom. The minimum Gasteiger partial charge on any atom is -0.249 e. The van der Waals surface area contributed by atoms with Crippen LogP contribution in [0, 0.1) is 0 Å². The summed E-state index contributed by atoms with van der Waals surface area (Å²) in [5, 5.41) is 8.64. The van der Waals surface area contributed by atoms with Gasteiger partial charge in [0.25, 0.3) is 0 Å². The third-order valence-electron chi connectivity index (χ3n) is 2.72. The third kappa shape index (κ3) is 3.06. The van der Waals surface area contributed by atoms with Gasteiger partial charge in [-0.25, -0.2) is 4.68 Å². The average Bonchev–Trinajstić information content (AvgIpc) is 2.58. The van der Waals surface area contributed by atoms with E-state index in [0.29, 0.717) is 0 Å². The molecule has 0 aliphatic heterocycles. The van der Waals surface area contributed by atoms with Gasteiger partial charge in [-0.2, -0.15) is 0 Å². The van der Waals surface area contributed by atoms with E-state index in [1.54, 1.807) is 0 Å². The van der Waals surface area contributed by atoms with E-state index in [0.717, 1.165) is 19.4 Å². The maximum absolute atomic E-state index is 4.35. The molecule has 0 bridgehead atoms. The van der Waals surface area contributed by atoms with Crippen LogP contribution >= 0.6 is 0 Å². The smallest absolute Gasteiger partial charge is 0.0864 e. The van der Waals surface area contributed by atoms with E-state index >= 15 is 0 Å². The van der Waals surface area contributed by atoms with E-state index in [9.17, 15) is 0 Å². The fourth-order valence-electron chi connectivity index (χ4n) is 2.05. The minimum absolute atomic E-state index is 0.141. The molecular formula is C13H25N3. The standard InChI is InChI=1S/C13H25N3/c1-6-8-9-11-12(13(3,4)5)16(10-7-2)15-14-11/h6-10H2,1-5H3. The number of nitrogens with zero attached hydrogens (tertiary/aromatic N) is 3. The highest BCUT2D eigenvalue weighted by Gasteiger charge is 2.24. The van der Waals surface area contributed by atoms with Gasteiger partial charge in [0.05, 0.1) is 11.4 Å². The maximum atomic E-state index is 4.35. The fourth-order valence-corrected chi connectivity index (χ4v) is 2.05. The van der Waals surface area contributed by atoms with Gasteiger partial charge in [0.1, 0.15) is 0 Å². The average molecular weight is 223 g/mol. The Bertz CT molecular complexity index is 320. The Balaban J connectivity index is 2.99. The van der Waals surface area contributed by atoms with Crippen molar-refractivity contribution in [2.45, 2.75) is 72.3 Å². The molecule has 3 heteroatoms. The molecule has 0 unspecified atom stereocenters. The number of hydrogen-bond donors (Lipinski definition) is 0. The second-order valence-corrected chi connectivity index (χ2v) is 5.46. The Morgan fingerprint density at radius 3 is 2.31 bits per heavy atom. The van der Waals surface area contributed by atoms with Gasteiger partial charge in [-0.15, -0.1) is 5.10 Å². The maximum Gasteiger partial charge on any atom is 0.0864 e. The van der Waals surface area contributed by atoms with Crippen molar-refractivity contribution in [2.75, 3.05) is 0 Å². The van der Waals surface area contributed by atoms with Crippen molar-refractivity contribution in [1.82, 2.24) is 15.0 Å². The lowest BCUT2D eigenvalue weighted by Gasteiger charge is -2.21. The van der Waals surface area contributed by atoms with Crippen LogP contribution in [0.5, 0.6) is 0 Å². The first-order valence-electron chi connectivity index (χ1n) is 6.43. The van der Waals surface area contributed by atoms with Gasteiger partial charge in [0.15, 0.2) is 0 Å². The zero-order valence-corrected chi connectivity index (χ0v) is 11.4. The fraction of sp³-hybridized carbons (Fsp3) is 0.846. The molecule has 0 fully saturated rings. The molecule has 0 aliphatic rings. The molecule has 0 N–H and O–H groups in total. The molecule has 92 valence electrons. The first-order chi connectivity index (χ1) is 7.50. The molecule has 1 aromatic rings. The zero-order valence-electron chi connectivity index (χ0n) is 11.4. The molecule has 0 saturated carbocycles. The second-order valence-electron chi connectivity index (χ2n) is 5.46. The third-order valence-corrected chi connectivity index (χ3v) is 2.72. The van der Waals surface area contributed by atoms with Crippen LogP contribution in [0.1, 0.15) is 65.3 Å². The molecule has 1 aromatic heterocycles. The van der Waals surface area contributed by atoms with Crippen LogP contribution in [0.15, 0.2) is 0 Å². The van der Waals surface area contributed by atoms with E-state index in [2.05, 4.69) is 49.6 Å². The summed E-state index contributed by atoms with van der Waals surface area (Å²) >= 11 is 0. The van der Waals surface area contributed by atoms with E-state index in [1.165, 1.54) is 24.2 Å². The van der Waals surface area contributed by atoms with Crippen LogP contribution in [0.3, 0.4) is 0 Å². The number of aryl methyl sites for hydroxylation is 2. The molecule has 3 nitrogen and oxygen atoms in total. The monoisotopic (exact) mass is 223 g/mol. The summed E-state index contributed by atoms with van der Waals surface area (Å²) in [7, 11) is 0. The number of unbranched alkanes of at least 4 members (excludes halogenated alkanes) is 1. The quantitative estimate of drug-likeness (QED) is 0.766. The number of aromatic nitrogens is 3. The van der Waals surface area contributed by atoms with Crippen molar-refractivity contribution in [2.24, 2.45) is 0 Å². The summed E-state index contributed by atoms with van der Waals surface area (Å²) in [5.41, 5.74) is 2.66. The SMILES string of the molecule is CCCCc1nnn(CCC)c1C(C)(C)C. The summed E-state index contributed by atoms with van der Waals surface area (Å²) in [6.07, 6.45) is 4.59. The van der Waals surface area contributed by atoms with Crippen LogP contribution in [-0.2, 0) is 18.4 Å². The summed E-state index contributed by atoms with van der Waals surface area (Å²) < 4.78 is 2.09. The molecule has 0 spiro atoms. The topological polar surface area (TPSA) is 30.7 Å². The second kappa shape index (κ2) is 5.46. The van der Waals surface area contributed by atoms with Crippen LogP contribution in [-0.4, -0.2) is 15.0 Å². The highest BCUT2D eigenvalue weighted by molar-refractivity contribution is 5.19. The Hall–Kier alpha value is -0.860. The normalized spacial score (nSPS) is 12.1. The van der Waals surface area contributed by atoms with Gasteiger partial charge in [0.2, 0.25) is 0 Å². The Labute approximate surface area is 99.2 Å². The van der Waals surface area contributed by atoms with E-state index < -0.39 is 0 Å². The highest BCUT2D eigenvalue weighted by Crippen LogP contribution is 2.25. The molecule has 0 atom stereocenters. The molecule has 0 saturated heterocycles. The summed E-state index contributed by atoms with van der Waals surface area (Å²) in [6, 6.07) is 0. The first-order valence-corrected chi connectivity index (χ1v) is 6.43. The number of rotatable bonds is 5. The molecule has 16 heavy (non-hydrogen) atoms. The molecular weight excluding hydrogens is 198 g/mol. The van der Waals surface area contributed by atoms with E-state index in [4.69, 9.17) is 0 Å². The molecule has 1 rings (SSSR count). The summed E-state index contributed by atoms with van der Waals surface area (Å²) in [6.45, 7) is 12.1. The molecule has 0 aliphatic carbocycles. The molecule has 0 radical (unpaired) electrons. The van der Waals surface area contributed by atoms with Gasteiger partial charge >= 0.3 is 0 Å². The Kier molecular flexibility index (Phi) is 4.51. The van der Waals surface area contributed by atoms with E-state index in [-0.39, 0.29) is 5.41 Å². The van der Waals surface area contributed by atoms with Gasteiger partial charge in [-0.05, 0) is 19.3 Å². The van der Waals surface area contributed by atoms with Crippen molar-refractivity contribution in [3.05, 3.63) is 11.4 Å². The predicted molar refractivity (Wildman–Crippen MR) is 67.6 cm³/mol. The largest absolute Gasteiger partial charge is 0.249 e. The lowest BCUT2D eigenvalue weighted by Crippen LogP contribution is -2.20. The van der Waals surface area contributed by atoms with Crippen molar-refractivity contribution in [3.8, 4) is 0 Å². The van der Waals surface area contributed by atoms with Crippen LogP contribution in [0.2, 0.25) is 0 Å². The summed E-state index contributed by atoms with van der Waals surface area (Å²) in [5.74, 6) is 0. The zero-order chi connectivity index (χ0) is 12.2. The highest BCUT2D eigenvalue weighted by atomic mass is 15.4. The van der Waals surface area contributed by atoms with Crippen molar-refractivity contribution in [1.29, 1.82) is 0 Å². The van der Waals surface area contributed by atoms with E-state index in [1.807, 2.05) is 0 Å². The minimum atomic E-state index is 0.141. The van der Waals surface area contributed by atoms with Crippen molar-refractivity contribution < 1.29 is 0 Å². The van der Waals surface area contributed by atoms with Gasteiger partial charge in [0, 0.05) is 12.0 Å². The van der Waals surface area contributed by atoms with Gasteiger partial charge in [-0.1, -0.05) is 46.3 Å². The van der Waals surface area contributed by atoms with Crippen molar-refractivity contribution >= 4 is 0 Å². The predicted octanol–water partition coefficient (Wildman–Crippen LogP) is 3.33. The number of hydrogen-bond acceptors (Lipinski definition) is 2. The first kappa shape index (κ1) is 13.2. The Morgan fingerprint density at radius 1 is 1.12 bits per heavy atom. The van der Waals surface area contributed by atoms with Crippen molar-refractivity contribution in [3.63, 3.8) is 0 Å². The summed E-state index contributed by atoms with van der Waals surface area (Å²) in [4.78, 5) is 0.